The quantitative estimate of drug-likeness (QED) is 0.564. The Morgan fingerprint density at radius 3 is 2.92 bits per heavy atom. The monoisotopic (exact) mass is 341 g/mol. The van der Waals surface area contributed by atoms with E-state index in [1.165, 1.54) is 6.92 Å². The molecule has 2 aromatic rings. The summed E-state index contributed by atoms with van der Waals surface area (Å²) in [4.78, 5) is 34.0. The molecule has 1 aliphatic heterocycles. The van der Waals surface area contributed by atoms with E-state index in [1.54, 1.807) is 30.3 Å². The number of hydrogen-bond donors (Lipinski definition) is 0. The smallest absolute Gasteiger partial charge is 0.318 e. The van der Waals surface area contributed by atoms with Crippen LogP contribution in [0.4, 0.5) is 5.82 Å². The number of ketones is 1. The van der Waals surface area contributed by atoms with Crippen LogP contribution in [-0.4, -0.2) is 42.0 Å². The molecule has 0 radical (unpaired) electrons. The number of fused-ring (bicyclic) bond motifs is 1. The lowest BCUT2D eigenvalue weighted by molar-refractivity contribution is -0.117. The minimum absolute atomic E-state index is 0.00819. The Morgan fingerprint density at radius 2 is 2.16 bits per heavy atom. The van der Waals surface area contributed by atoms with Crippen LogP contribution >= 0.6 is 0 Å². The lowest BCUT2D eigenvalue weighted by Crippen LogP contribution is -2.26. The molecule has 0 N–H and O–H groups in total. The average Bonchev–Trinajstić information content (AvgIpc) is 2.91. The summed E-state index contributed by atoms with van der Waals surface area (Å²) < 4.78 is 10.4. The Morgan fingerprint density at radius 1 is 1.32 bits per heavy atom. The number of methoxy groups -OCH3 is 1. The molecule has 1 aliphatic rings. The molecule has 1 amide bonds. The number of Topliss-reactive ketones (excluding diaryl/α,β-unsaturated/α-hetero) is 1. The van der Waals surface area contributed by atoms with Crippen molar-refractivity contribution in [2.24, 2.45) is 0 Å². The van der Waals surface area contributed by atoms with Gasteiger partial charge in [-0.25, -0.2) is 4.98 Å². The first-order valence-electron chi connectivity index (χ1n) is 7.96. The van der Waals surface area contributed by atoms with Gasteiger partial charge >= 0.3 is 6.01 Å². The average molecular weight is 341 g/mol. The highest BCUT2D eigenvalue weighted by Gasteiger charge is 2.30. The molecule has 0 bridgehead atoms. The molecule has 0 unspecified atom stereocenters. The van der Waals surface area contributed by atoms with Gasteiger partial charge in [-0.05, 0) is 18.6 Å². The van der Waals surface area contributed by atoms with E-state index in [2.05, 4.69) is 9.97 Å². The first kappa shape index (κ1) is 17.0. The third-order valence-corrected chi connectivity index (χ3v) is 3.91. The number of carbonyl (C=O) groups excluding carboxylic acids is 2. The van der Waals surface area contributed by atoms with Gasteiger partial charge in [-0.3, -0.25) is 14.5 Å². The molecule has 1 aromatic heterocycles. The van der Waals surface area contributed by atoms with Gasteiger partial charge in [0.25, 0.3) is 0 Å². The molecular weight excluding hydrogens is 322 g/mol. The minimum atomic E-state index is -0.0495. The van der Waals surface area contributed by atoms with E-state index in [0.29, 0.717) is 31.1 Å². The van der Waals surface area contributed by atoms with Crippen LogP contribution in [0, 0.1) is 0 Å². The molecule has 7 heteroatoms. The van der Waals surface area contributed by atoms with Crippen molar-refractivity contribution >= 4 is 17.5 Å². The lowest BCUT2D eigenvalue weighted by atomic mass is 10.1. The Kier molecular flexibility index (Phi) is 5.04. The van der Waals surface area contributed by atoms with E-state index >= 15 is 0 Å². The summed E-state index contributed by atoms with van der Waals surface area (Å²) in [5.41, 5.74) is 2.26. The predicted octanol–water partition coefficient (Wildman–Crippen LogP) is 1.79. The summed E-state index contributed by atoms with van der Waals surface area (Å²) in [7, 11) is 1.59. The third kappa shape index (κ3) is 3.83. The van der Waals surface area contributed by atoms with Crippen LogP contribution in [-0.2, 0) is 22.5 Å². The second kappa shape index (κ2) is 7.40. The highest BCUT2D eigenvalue weighted by atomic mass is 16.5. The Labute approximate surface area is 145 Å². The number of hydrogen-bond acceptors (Lipinski definition) is 6. The number of aromatic nitrogens is 2. The number of benzene rings is 1. The largest absolute Gasteiger partial charge is 0.461 e. The normalized spacial score (nSPS) is 13.0. The Bertz CT molecular complexity index is 807. The molecule has 0 spiro atoms. The molecule has 25 heavy (non-hydrogen) atoms. The van der Waals surface area contributed by atoms with E-state index in [1.807, 2.05) is 12.1 Å². The third-order valence-electron chi connectivity index (χ3n) is 3.91. The Balaban J connectivity index is 1.81. The fourth-order valence-corrected chi connectivity index (χ4v) is 2.64. The molecule has 0 aliphatic carbocycles. The number of anilines is 1. The fraction of sp³-hybridized carbons (Fsp3) is 0.333. The van der Waals surface area contributed by atoms with Crippen molar-refractivity contribution in [3.05, 3.63) is 47.2 Å². The fourth-order valence-electron chi connectivity index (χ4n) is 2.64. The number of carbonyl (C=O) groups is 2. The van der Waals surface area contributed by atoms with E-state index in [-0.39, 0.29) is 24.1 Å². The molecule has 130 valence electrons. The molecule has 0 saturated carbocycles. The van der Waals surface area contributed by atoms with E-state index in [4.69, 9.17) is 9.47 Å². The Hall–Kier alpha value is -2.80. The zero-order valence-corrected chi connectivity index (χ0v) is 14.2. The SMILES string of the molecule is COCCOc1ncc2c(n1)N(Cc1cccc(C(C)=O)c1)C(=O)C2. The van der Waals surface area contributed by atoms with Gasteiger partial charge in [0.15, 0.2) is 5.78 Å². The van der Waals surface area contributed by atoms with Gasteiger partial charge in [-0.1, -0.05) is 18.2 Å². The molecule has 2 heterocycles. The molecule has 3 rings (SSSR count). The van der Waals surface area contributed by atoms with Crippen molar-refractivity contribution in [1.29, 1.82) is 0 Å². The zero-order chi connectivity index (χ0) is 17.8. The standard InChI is InChI=1S/C18H19N3O4/c1-12(22)14-5-3-4-13(8-14)11-21-16(23)9-15-10-19-18(20-17(15)21)25-7-6-24-2/h3-5,8,10H,6-7,9,11H2,1-2H3. The van der Waals surface area contributed by atoms with Crippen molar-refractivity contribution in [3.63, 3.8) is 0 Å². The van der Waals surface area contributed by atoms with Crippen LogP contribution in [0.5, 0.6) is 6.01 Å². The van der Waals surface area contributed by atoms with Crippen LogP contribution in [0.1, 0.15) is 28.4 Å². The second-order valence-corrected chi connectivity index (χ2v) is 5.76. The highest BCUT2D eigenvalue weighted by Crippen LogP contribution is 2.29. The maximum atomic E-state index is 12.4. The summed E-state index contributed by atoms with van der Waals surface area (Å²) in [6.45, 7) is 2.64. The van der Waals surface area contributed by atoms with E-state index in [9.17, 15) is 9.59 Å². The molecule has 0 atom stereocenters. The maximum absolute atomic E-state index is 12.4. The van der Waals surface area contributed by atoms with E-state index < -0.39 is 0 Å². The topological polar surface area (TPSA) is 81.6 Å². The van der Waals surface area contributed by atoms with Gasteiger partial charge in [0, 0.05) is 24.4 Å². The van der Waals surface area contributed by atoms with Crippen LogP contribution in [0.15, 0.2) is 30.5 Å². The zero-order valence-electron chi connectivity index (χ0n) is 14.2. The van der Waals surface area contributed by atoms with Crippen LogP contribution in [0.2, 0.25) is 0 Å². The lowest BCUT2D eigenvalue weighted by Gasteiger charge is -2.17. The first-order chi connectivity index (χ1) is 12.1. The van der Waals surface area contributed by atoms with Gasteiger partial charge in [-0.15, -0.1) is 0 Å². The molecule has 7 nitrogen and oxygen atoms in total. The molecule has 0 saturated heterocycles. The van der Waals surface area contributed by atoms with Crippen molar-refractivity contribution < 1.29 is 19.1 Å². The van der Waals surface area contributed by atoms with Crippen molar-refractivity contribution in [1.82, 2.24) is 9.97 Å². The molecular formula is C18H19N3O4. The summed E-state index contributed by atoms with van der Waals surface area (Å²) in [6.07, 6.45) is 1.88. The van der Waals surface area contributed by atoms with Gasteiger partial charge in [0.2, 0.25) is 5.91 Å². The summed E-state index contributed by atoms with van der Waals surface area (Å²) in [6, 6.07) is 7.47. The van der Waals surface area contributed by atoms with Gasteiger partial charge in [0.1, 0.15) is 12.4 Å². The van der Waals surface area contributed by atoms with E-state index in [0.717, 1.165) is 11.1 Å². The number of ether oxygens (including phenoxy) is 2. The van der Waals surface area contributed by atoms with Crippen LogP contribution in [0.3, 0.4) is 0 Å². The number of nitrogens with zero attached hydrogens (tertiary/aromatic N) is 3. The van der Waals surface area contributed by atoms with Crippen LogP contribution in [0.25, 0.3) is 0 Å². The molecule has 1 aromatic carbocycles. The van der Waals surface area contributed by atoms with Gasteiger partial charge in [-0.2, -0.15) is 4.98 Å². The van der Waals surface area contributed by atoms with Crippen molar-refractivity contribution in [3.8, 4) is 6.01 Å². The first-order valence-corrected chi connectivity index (χ1v) is 7.96. The van der Waals surface area contributed by atoms with Crippen molar-refractivity contribution in [2.45, 2.75) is 19.9 Å². The summed E-state index contributed by atoms with van der Waals surface area (Å²) in [5, 5.41) is 0. The predicted molar refractivity (Wildman–Crippen MR) is 90.7 cm³/mol. The number of rotatable bonds is 7. The summed E-state index contributed by atoms with van der Waals surface area (Å²) in [5.74, 6) is 0.498. The maximum Gasteiger partial charge on any atom is 0.318 e. The number of amides is 1. The van der Waals surface area contributed by atoms with Crippen molar-refractivity contribution in [2.75, 3.05) is 25.2 Å². The highest BCUT2D eigenvalue weighted by molar-refractivity contribution is 6.00. The molecule has 0 fully saturated rings. The second-order valence-electron chi connectivity index (χ2n) is 5.76. The minimum Gasteiger partial charge on any atom is -0.461 e. The van der Waals surface area contributed by atoms with Gasteiger partial charge < -0.3 is 9.47 Å². The summed E-state index contributed by atoms with van der Waals surface area (Å²) >= 11 is 0. The van der Waals surface area contributed by atoms with Gasteiger partial charge in [0.05, 0.1) is 19.6 Å². The van der Waals surface area contributed by atoms with Crippen LogP contribution < -0.4 is 9.64 Å².